The van der Waals surface area contributed by atoms with Crippen molar-refractivity contribution < 1.29 is 0 Å². The highest BCUT2D eigenvalue weighted by atomic mass is 35.5. The zero-order valence-corrected chi connectivity index (χ0v) is 10.9. The first-order valence-corrected chi connectivity index (χ1v) is 5.98. The van der Waals surface area contributed by atoms with Crippen LogP contribution >= 0.6 is 11.6 Å². The van der Waals surface area contributed by atoms with Crippen LogP contribution in [0.25, 0.3) is 5.69 Å². The third kappa shape index (κ3) is 3.32. The molecule has 0 aliphatic heterocycles. The van der Waals surface area contributed by atoms with Gasteiger partial charge in [0.15, 0.2) is 0 Å². The molecule has 0 amide bonds. The van der Waals surface area contributed by atoms with Gasteiger partial charge in [-0.2, -0.15) is 5.10 Å². The van der Waals surface area contributed by atoms with Crippen molar-refractivity contribution in [2.75, 3.05) is 20.6 Å². The third-order valence-corrected chi connectivity index (χ3v) is 2.80. The highest BCUT2D eigenvalue weighted by molar-refractivity contribution is 6.30. The minimum atomic E-state index is 0.744. The van der Waals surface area contributed by atoms with Gasteiger partial charge in [0.05, 0.1) is 11.4 Å². The lowest BCUT2D eigenvalue weighted by atomic mass is 10.3. The van der Waals surface area contributed by atoms with Crippen molar-refractivity contribution in [3.63, 3.8) is 0 Å². The maximum absolute atomic E-state index is 5.85. The normalized spacial score (nSPS) is 11.1. The van der Waals surface area contributed by atoms with Gasteiger partial charge in [-0.3, -0.25) is 0 Å². The van der Waals surface area contributed by atoms with Crippen LogP contribution in [0.2, 0.25) is 5.02 Å². The van der Waals surface area contributed by atoms with Crippen molar-refractivity contribution in [3.05, 3.63) is 47.2 Å². The van der Waals surface area contributed by atoms with E-state index in [0.29, 0.717) is 0 Å². The number of hydrogen-bond donors (Lipinski definition) is 0. The van der Waals surface area contributed by atoms with Gasteiger partial charge in [-0.1, -0.05) is 11.6 Å². The molecular formula is C13H16ClN3. The summed E-state index contributed by atoms with van der Waals surface area (Å²) in [5.41, 5.74) is 2.14. The van der Waals surface area contributed by atoms with Crippen molar-refractivity contribution in [2.24, 2.45) is 0 Å². The standard InChI is InChI=1S/C13H16ClN3/c1-16(2)9-7-12-8-10-17(15-12)13-5-3-11(14)4-6-13/h3-6,8,10H,7,9H2,1-2H3. The maximum Gasteiger partial charge on any atom is 0.0646 e. The molecule has 1 aromatic heterocycles. The fourth-order valence-electron chi connectivity index (χ4n) is 1.57. The number of rotatable bonds is 4. The van der Waals surface area contributed by atoms with Crippen LogP contribution in [0.1, 0.15) is 5.69 Å². The number of aromatic nitrogens is 2. The molecule has 0 atom stereocenters. The molecule has 1 aromatic carbocycles. The van der Waals surface area contributed by atoms with Gasteiger partial charge in [0, 0.05) is 24.2 Å². The molecule has 0 radical (unpaired) electrons. The van der Waals surface area contributed by atoms with Crippen LogP contribution in [-0.4, -0.2) is 35.3 Å². The van der Waals surface area contributed by atoms with Crippen molar-refractivity contribution >= 4 is 11.6 Å². The number of hydrogen-bond acceptors (Lipinski definition) is 2. The van der Waals surface area contributed by atoms with E-state index in [1.807, 2.05) is 35.1 Å². The first kappa shape index (κ1) is 12.1. The molecule has 0 N–H and O–H groups in total. The minimum absolute atomic E-state index is 0.744. The third-order valence-electron chi connectivity index (χ3n) is 2.55. The molecule has 0 aliphatic carbocycles. The number of likely N-dealkylation sites (N-methyl/N-ethyl adjacent to an activating group) is 1. The largest absolute Gasteiger partial charge is 0.309 e. The molecule has 1 heterocycles. The topological polar surface area (TPSA) is 21.1 Å². The maximum atomic E-state index is 5.85. The van der Waals surface area contributed by atoms with E-state index in [2.05, 4.69) is 30.2 Å². The van der Waals surface area contributed by atoms with Crippen molar-refractivity contribution in [1.29, 1.82) is 0 Å². The SMILES string of the molecule is CN(C)CCc1ccn(-c2ccc(Cl)cc2)n1. The van der Waals surface area contributed by atoms with Crippen LogP contribution in [0.15, 0.2) is 36.5 Å². The van der Waals surface area contributed by atoms with Gasteiger partial charge in [0.1, 0.15) is 0 Å². The first-order valence-electron chi connectivity index (χ1n) is 5.60. The van der Waals surface area contributed by atoms with Crippen LogP contribution in [0.3, 0.4) is 0 Å². The molecule has 4 heteroatoms. The second kappa shape index (κ2) is 5.34. The summed E-state index contributed by atoms with van der Waals surface area (Å²) < 4.78 is 1.88. The Morgan fingerprint density at radius 3 is 2.53 bits per heavy atom. The molecule has 0 saturated heterocycles. The monoisotopic (exact) mass is 249 g/mol. The highest BCUT2D eigenvalue weighted by Crippen LogP contribution is 2.13. The molecule has 0 fully saturated rings. The lowest BCUT2D eigenvalue weighted by Crippen LogP contribution is -2.15. The van der Waals surface area contributed by atoms with E-state index in [0.717, 1.165) is 29.4 Å². The van der Waals surface area contributed by atoms with Crippen LogP contribution in [0, 0.1) is 0 Å². The van der Waals surface area contributed by atoms with Gasteiger partial charge in [-0.25, -0.2) is 4.68 Å². The quantitative estimate of drug-likeness (QED) is 0.831. The zero-order valence-electron chi connectivity index (χ0n) is 10.1. The van der Waals surface area contributed by atoms with Gasteiger partial charge in [0.25, 0.3) is 0 Å². The first-order chi connectivity index (χ1) is 8.15. The molecule has 0 unspecified atom stereocenters. The van der Waals surface area contributed by atoms with E-state index in [-0.39, 0.29) is 0 Å². The number of nitrogens with zero attached hydrogens (tertiary/aromatic N) is 3. The fourth-order valence-corrected chi connectivity index (χ4v) is 1.70. The molecule has 3 nitrogen and oxygen atoms in total. The fraction of sp³-hybridized carbons (Fsp3) is 0.308. The number of benzene rings is 1. The average Bonchev–Trinajstić information content (AvgIpc) is 2.76. The summed E-state index contributed by atoms with van der Waals surface area (Å²) in [5.74, 6) is 0. The second-order valence-corrected chi connectivity index (χ2v) is 4.72. The highest BCUT2D eigenvalue weighted by Gasteiger charge is 2.01. The Hall–Kier alpha value is -1.32. The summed E-state index contributed by atoms with van der Waals surface area (Å²) in [7, 11) is 4.13. The average molecular weight is 250 g/mol. The van der Waals surface area contributed by atoms with Crippen LogP contribution in [0.4, 0.5) is 0 Å². The predicted molar refractivity (Wildman–Crippen MR) is 70.8 cm³/mol. The molecule has 17 heavy (non-hydrogen) atoms. The van der Waals surface area contributed by atoms with Gasteiger partial charge in [0.2, 0.25) is 0 Å². The van der Waals surface area contributed by atoms with Gasteiger partial charge >= 0.3 is 0 Å². The van der Waals surface area contributed by atoms with Crippen molar-refractivity contribution in [3.8, 4) is 5.69 Å². The van der Waals surface area contributed by atoms with E-state index < -0.39 is 0 Å². The summed E-state index contributed by atoms with van der Waals surface area (Å²) in [6, 6.07) is 9.73. The lowest BCUT2D eigenvalue weighted by molar-refractivity contribution is 0.411. The van der Waals surface area contributed by atoms with E-state index in [1.54, 1.807) is 0 Å². The molecule has 90 valence electrons. The van der Waals surface area contributed by atoms with Crippen molar-refractivity contribution in [1.82, 2.24) is 14.7 Å². The smallest absolute Gasteiger partial charge is 0.0646 e. The predicted octanol–water partition coefficient (Wildman–Crippen LogP) is 2.63. The van der Waals surface area contributed by atoms with Gasteiger partial charge in [-0.15, -0.1) is 0 Å². The lowest BCUT2D eigenvalue weighted by Gasteiger charge is -2.06. The minimum Gasteiger partial charge on any atom is -0.309 e. The molecule has 0 bridgehead atoms. The Labute approximate surface area is 107 Å². The Kier molecular flexibility index (Phi) is 3.82. The molecule has 0 aliphatic rings. The Balaban J connectivity index is 2.10. The zero-order chi connectivity index (χ0) is 12.3. The Morgan fingerprint density at radius 1 is 1.18 bits per heavy atom. The van der Waals surface area contributed by atoms with Gasteiger partial charge < -0.3 is 4.90 Å². The van der Waals surface area contributed by atoms with Gasteiger partial charge in [-0.05, 0) is 44.4 Å². The molecule has 0 saturated carbocycles. The Bertz CT molecular complexity index is 474. The summed E-state index contributed by atoms with van der Waals surface area (Å²) in [4.78, 5) is 2.15. The van der Waals surface area contributed by atoms with E-state index in [1.165, 1.54) is 0 Å². The Morgan fingerprint density at radius 2 is 1.88 bits per heavy atom. The molecule has 2 aromatic rings. The second-order valence-electron chi connectivity index (χ2n) is 4.28. The van der Waals surface area contributed by atoms with Crippen molar-refractivity contribution in [2.45, 2.75) is 6.42 Å². The van der Waals surface area contributed by atoms with E-state index in [9.17, 15) is 0 Å². The summed E-state index contributed by atoms with van der Waals surface area (Å²) >= 11 is 5.85. The van der Waals surface area contributed by atoms with Crippen LogP contribution in [0.5, 0.6) is 0 Å². The molecule has 0 spiro atoms. The number of halogens is 1. The van der Waals surface area contributed by atoms with E-state index in [4.69, 9.17) is 11.6 Å². The summed E-state index contributed by atoms with van der Waals surface area (Å²) in [6.45, 7) is 1.01. The summed E-state index contributed by atoms with van der Waals surface area (Å²) in [5, 5.41) is 5.27. The summed E-state index contributed by atoms with van der Waals surface area (Å²) in [6.07, 6.45) is 2.95. The molecule has 2 rings (SSSR count). The van der Waals surface area contributed by atoms with Crippen LogP contribution in [-0.2, 0) is 6.42 Å². The van der Waals surface area contributed by atoms with E-state index >= 15 is 0 Å². The van der Waals surface area contributed by atoms with Crippen LogP contribution < -0.4 is 0 Å². The molecular weight excluding hydrogens is 234 g/mol.